The number of nitrogens with zero attached hydrogens (tertiary/aromatic N) is 1. The Morgan fingerprint density at radius 2 is 2.08 bits per heavy atom. The maximum Gasteiger partial charge on any atom is 0.248 e. The summed E-state index contributed by atoms with van der Waals surface area (Å²) >= 11 is 0. The molecule has 0 heterocycles. The van der Waals surface area contributed by atoms with Gasteiger partial charge in [0.15, 0.2) is 11.5 Å². The fourth-order valence-corrected chi connectivity index (χ4v) is 2.14. The third kappa shape index (κ3) is 5.40. The molecule has 2 aromatic rings. The van der Waals surface area contributed by atoms with Crippen LogP contribution in [0.15, 0.2) is 48.5 Å². The molecule has 2 rings (SSSR count). The van der Waals surface area contributed by atoms with E-state index in [4.69, 9.17) is 14.7 Å². The molecule has 1 amide bonds. The number of hydrogen-bond acceptors (Lipinski definition) is 4. The van der Waals surface area contributed by atoms with E-state index in [1.54, 1.807) is 37.5 Å². The molecule has 5 nitrogen and oxygen atoms in total. The van der Waals surface area contributed by atoms with Crippen molar-refractivity contribution in [2.75, 3.05) is 19.0 Å². The van der Waals surface area contributed by atoms with E-state index < -0.39 is 0 Å². The van der Waals surface area contributed by atoms with Crippen molar-refractivity contribution < 1.29 is 14.3 Å². The first kappa shape index (κ1) is 18.1. The van der Waals surface area contributed by atoms with Crippen LogP contribution in [0, 0.1) is 11.3 Å². The number of ether oxygens (including phenoxy) is 2. The SMILES string of the molecule is CCCOc1ccc(/C=C/C(=O)Nc2cccc(C#N)c2)cc1OC. The van der Waals surface area contributed by atoms with Crippen LogP contribution in [0.1, 0.15) is 24.5 Å². The first-order valence-corrected chi connectivity index (χ1v) is 7.96. The third-order valence-corrected chi connectivity index (χ3v) is 3.34. The van der Waals surface area contributed by atoms with Crippen LogP contribution in [0.5, 0.6) is 11.5 Å². The fourth-order valence-electron chi connectivity index (χ4n) is 2.14. The topological polar surface area (TPSA) is 71.3 Å². The molecule has 0 aliphatic heterocycles. The largest absolute Gasteiger partial charge is 0.493 e. The van der Waals surface area contributed by atoms with E-state index in [9.17, 15) is 4.79 Å². The lowest BCUT2D eigenvalue weighted by Crippen LogP contribution is -2.07. The summed E-state index contributed by atoms with van der Waals surface area (Å²) in [5.41, 5.74) is 1.89. The average Bonchev–Trinajstić information content (AvgIpc) is 2.65. The summed E-state index contributed by atoms with van der Waals surface area (Å²) in [6.07, 6.45) is 4.04. The lowest BCUT2D eigenvalue weighted by Gasteiger charge is -2.10. The number of carbonyl (C=O) groups is 1. The molecular weight excluding hydrogens is 316 g/mol. The smallest absolute Gasteiger partial charge is 0.248 e. The van der Waals surface area contributed by atoms with Crippen molar-refractivity contribution in [1.29, 1.82) is 5.26 Å². The van der Waals surface area contributed by atoms with Gasteiger partial charge in [-0.25, -0.2) is 0 Å². The van der Waals surface area contributed by atoms with Gasteiger partial charge < -0.3 is 14.8 Å². The zero-order chi connectivity index (χ0) is 18.1. The molecule has 0 bridgehead atoms. The van der Waals surface area contributed by atoms with Gasteiger partial charge in [-0.15, -0.1) is 0 Å². The molecule has 2 aromatic carbocycles. The first-order chi connectivity index (χ1) is 12.2. The monoisotopic (exact) mass is 336 g/mol. The number of methoxy groups -OCH3 is 1. The number of carbonyl (C=O) groups excluding carboxylic acids is 1. The van der Waals surface area contributed by atoms with Crippen molar-refractivity contribution in [2.45, 2.75) is 13.3 Å². The lowest BCUT2D eigenvalue weighted by molar-refractivity contribution is -0.111. The van der Waals surface area contributed by atoms with Gasteiger partial charge in [0, 0.05) is 11.8 Å². The van der Waals surface area contributed by atoms with Crippen LogP contribution in [0.3, 0.4) is 0 Å². The summed E-state index contributed by atoms with van der Waals surface area (Å²) in [5, 5.41) is 11.6. The normalized spacial score (nSPS) is 10.3. The summed E-state index contributed by atoms with van der Waals surface area (Å²) < 4.78 is 10.9. The average molecular weight is 336 g/mol. The van der Waals surface area contributed by atoms with Gasteiger partial charge in [0.2, 0.25) is 5.91 Å². The van der Waals surface area contributed by atoms with Crippen LogP contribution in [0.4, 0.5) is 5.69 Å². The molecule has 128 valence electrons. The molecular formula is C20H20N2O3. The van der Waals surface area contributed by atoms with E-state index in [0.717, 1.165) is 12.0 Å². The highest BCUT2D eigenvalue weighted by Gasteiger charge is 2.05. The van der Waals surface area contributed by atoms with Crippen molar-refractivity contribution >= 4 is 17.7 Å². The molecule has 1 N–H and O–H groups in total. The summed E-state index contributed by atoms with van der Waals surface area (Å²) in [7, 11) is 1.58. The molecule has 0 saturated carbocycles. The molecule has 5 heteroatoms. The predicted octanol–water partition coefficient (Wildman–Crippen LogP) is 4.01. The number of amides is 1. The Morgan fingerprint density at radius 3 is 2.80 bits per heavy atom. The molecule has 0 aliphatic rings. The Hall–Kier alpha value is -3.26. The van der Waals surface area contributed by atoms with Crippen molar-refractivity contribution in [3.8, 4) is 17.6 Å². The number of anilines is 1. The molecule has 0 aliphatic carbocycles. The van der Waals surface area contributed by atoms with E-state index in [-0.39, 0.29) is 5.91 Å². The number of nitrogens with one attached hydrogen (secondary N) is 1. The second-order valence-corrected chi connectivity index (χ2v) is 5.27. The molecule has 0 saturated heterocycles. The zero-order valence-electron chi connectivity index (χ0n) is 14.3. The minimum absolute atomic E-state index is 0.277. The number of benzene rings is 2. The number of nitriles is 1. The minimum atomic E-state index is -0.277. The minimum Gasteiger partial charge on any atom is -0.493 e. The van der Waals surface area contributed by atoms with E-state index in [0.29, 0.717) is 29.4 Å². The molecule has 0 fully saturated rings. The Balaban J connectivity index is 2.05. The van der Waals surface area contributed by atoms with Gasteiger partial charge in [-0.05, 0) is 48.4 Å². The van der Waals surface area contributed by atoms with E-state index >= 15 is 0 Å². The predicted molar refractivity (Wildman–Crippen MR) is 97.6 cm³/mol. The highest BCUT2D eigenvalue weighted by molar-refractivity contribution is 6.02. The Bertz CT molecular complexity index is 807. The van der Waals surface area contributed by atoms with Crippen LogP contribution in [0.25, 0.3) is 6.08 Å². The van der Waals surface area contributed by atoms with Crippen molar-refractivity contribution in [3.05, 3.63) is 59.7 Å². The molecule has 0 radical (unpaired) electrons. The Morgan fingerprint density at radius 1 is 1.24 bits per heavy atom. The van der Waals surface area contributed by atoms with E-state index in [2.05, 4.69) is 5.32 Å². The standard InChI is InChI=1S/C20H20N2O3/c1-3-11-25-18-9-7-15(13-19(18)24-2)8-10-20(23)22-17-6-4-5-16(12-17)14-21/h4-10,12-13H,3,11H2,1-2H3,(H,22,23)/b10-8+. The fraction of sp³-hybridized carbons (Fsp3) is 0.200. The van der Waals surface area contributed by atoms with Crippen LogP contribution < -0.4 is 14.8 Å². The number of rotatable bonds is 7. The van der Waals surface area contributed by atoms with Gasteiger partial charge in [0.1, 0.15) is 0 Å². The van der Waals surface area contributed by atoms with Crippen LogP contribution >= 0.6 is 0 Å². The Kier molecular flexibility index (Phi) is 6.61. The summed E-state index contributed by atoms with van der Waals surface area (Å²) in [5.74, 6) is 1.03. The van der Waals surface area contributed by atoms with Crippen LogP contribution in [-0.2, 0) is 4.79 Å². The van der Waals surface area contributed by atoms with Gasteiger partial charge >= 0.3 is 0 Å². The highest BCUT2D eigenvalue weighted by atomic mass is 16.5. The van der Waals surface area contributed by atoms with Gasteiger partial charge in [-0.3, -0.25) is 4.79 Å². The van der Waals surface area contributed by atoms with Gasteiger partial charge in [0.25, 0.3) is 0 Å². The van der Waals surface area contributed by atoms with Gasteiger partial charge in [0.05, 0.1) is 25.3 Å². The molecule has 0 atom stereocenters. The van der Waals surface area contributed by atoms with E-state index in [1.165, 1.54) is 6.08 Å². The van der Waals surface area contributed by atoms with Gasteiger partial charge in [-0.2, -0.15) is 5.26 Å². The van der Waals surface area contributed by atoms with Crippen molar-refractivity contribution in [1.82, 2.24) is 0 Å². The van der Waals surface area contributed by atoms with Crippen molar-refractivity contribution in [2.24, 2.45) is 0 Å². The van der Waals surface area contributed by atoms with Gasteiger partial charge in [-0.1, -0.05) is 19.1 Å². The summed E-state index contributed by atoms with van der Waals surface area (Å²) in [4.78, 5) is 12.0. The zero-order valence-corrected chi connectivity index (χ0v) is 14.3. The summed E-state index contributed by atoms with van der Waals surface area (Å²) in [6.45, 7) is 2.66. The third-order valence-electron chi connectivity index (χ3n) is 3.34. The van der Waals surface area contributed by atoms with E-state index in [1.807, 2.05) is 31.2 Å². The number of hydrogen-bond donors (Lipinski definition) is 1. The Labute approximate surface area is 147 Å². The highest BCUT2D eigenvalue weighted by Crippen LogP contribution is 2.28. The second kappa shape index (κ2) is 9.14. The molecule has 0 aromatic heterocycles. The first-order valence-electron chi connectivity index (χ1n) is 7.96. The molecule has 0 spiro atoms. The van der Waals surface area contributed by atoms with Crippen LogP contribution in [0.2, 0.25) is 0 Å². The lowest BCUT2D eigenvalue weighted by atomic mass is 10.2. The molecule has 0 unspecified atom stereocenters. The molecule has 25 heavy (non-hydrogen) atoms. The maximum atomic E-state index is 12.0. The quantitative estimate of drug-likeness (QED) is 0.776. The second-order valence-electron chi connectivity index (χ2n) is 5.27. The summed E-state index contributed by atoms with van der Waals surface area (Å²) in [6, 6.07) is 14.3. The van der Waals surface area contributed by atoms with Crippen LogP contribution in [-0.4, -0.2) is 19.6 Å². The maximum absolute atomic E-state index is 12.0. The van der Waals surface area contributed by atoms with Crippen molar-refractivity contribution in [3.63, 3.8) is 0 Å².